The molecule has 5 aromatic rings. The molecule has 0 saturated carbocycles. The van der Waals surface area contributed by atoms with Gasteiger partial charge in [-0.3, -0.25) is 0 Å². The minimum absolute atomic E-state index is 0.466. The normalized spacial score (nSPS) is 11.8. The summed E-state index contributed by atoms with van der Waals surface area (Å²) >= 11 is 0. The lowest BCUT2D eigenvalue weighted by atomic mass is 10.0. The number of ether oxygens (including phenoxy) is 2. The maximum Gasteiger partial charge on any atom is 0.514 e. The van der Waals surface area contributed by atoms with Crippen molar-refractivity contribution in [2.45, 2.75) is 72.6 Å². The first-order valence-corrected chi connectivity index (χ1v) is 15.8. The Morgan fingerprint density at radius 2 is 1.76 bits per heavy atom. The summed E-state index contributed by atoms with van der Waals surface area (Å²) in [5.41, 5.74) is 7.71. The second-order valence-corrected chi connectivity index (χ2v) is 12.9. The highest BCUT2D eigenvalue weighted by molar-refractivity contribution is 5.85. The molecule has 2 aromatic heterocycles. The van der Waals surface area contributed by atoms with Gasteiger partial charge in [-0.1, -0.05) is 49.4 Å². The van der Waals surface area contributed by atoms with E-state index in [1.54, 1.807) is 6.07 Å². The molecule has 45 heavy (non-hydrogen) atoms. The molecule has 0 fully saturated rings. The summed E-state index contributed by atoms with van der Waals surface area (Å²) < 4.78 is 15.5. The molecular weight excluding hydrogens is 562 g/mol. The lowest BCUT2D eigenvalue weighted by Gasteiger charge is -2.19. The minimum atomic E-state index is -0.715. The number of hydrogen-bond acceptors (Lipinski definition) is 6. The molecule has 0 unspecified atom stereocenters. The molecule has 0 amide bonds. The Labute approximate surface area is 266 Å². The van der Waals surface area contributed by atoms with Crippen molar-refractivity contribution in [3.05, 3.63) is 90.1 Å². The van der Waals surface area contributed by atoms with Gasteiger partial charge in [0.05, 0.1) is 23.1 Å². The molecule has 8 nitrogen and oxygen atoms in total. The van der Waals surface area contributed by atoms with Crippen molar-refractivity contribution >= 4 is 17.2 Å². The average Bonchev–Trinajstić information content (AvgIpc) is 3.58. The fourth-order valence-corrected chi connectivity index (χ4v) is 5.51. The highest BCUT2D eigenvalue weighted by atomic mass is 16.7. The maximum atomic E-state index is 12.4. The van der Waals surface area contributed by atoms with Gasteiger partial charge >= 0.3 is 6.16 Å². The zero-order chi connectivity index (χ0) is 32.1. The third kappa shape index (κ3) is 8.00. The van der Waals surface area contributed by atoms with Gasteiger partial charge in [0.25, 0.3) is 0 Å². The van der Waals surface area contributed by atoms with Crippen LogP contribution in [0.15, 0.2) is 73.2 Å². The Morgan fingerprint density at radius 3 is 2.47 bits per heavy atom. The molecule has 2 heterocycles. The molecular formula is C37H45N5O3. The van der Waals surface area contributed by atoms with Crippen LogP contribution in [0, 0.1) is 6.92 Å². The minimum Gasteiger partial charge on any atom is -0.428 e. The number of fused-ring (bicyclic) bond motifs is 1. The first-order chi connectivity index (χ1) is 21.5. The molecule has 0 saturated heterocycles. The number of carbonyl (C=O) groups is 1. The van der Waals surface area contributed by atoms with Crippen molar-refractivity contribution in [2.75, 3.05) is 20.6 Å². The summed E-state index contributed by atoms with van der Waals surface area (Å²) in [5, 5.41) is 0. The van der Waals surface area contributed by atoms with Gasteiger partial charge in [0.1, 0.15) is 17.2 Å². The van der Waals surface area contributed by atoms with E-state index in [9.17, 15) is 4.79 Å². The summed E-state index contributed by atoms with van der Waals surface area (Å²) in [6, 6.07) is 20.4. The Morgan fingerprint density at radius 1 is 1.00 bits per heavy atom. The third-order valence-corrected chi connectivity index (χ3v) is 7.62. The number of nitrogens with zero attached hydrogens (tertiary/aromatic N) is 5. The Hall–Kier alpha value is -4.43. The lowest BCUT2D eigenvalue weighted by molar-refractivity contribution is 0.0207. The zero-order valence-corrected chi connectivity index (χ0v) is 27.6. The van der Waals surface area contributed by atoms with Crippen LogP contribution in [-0.4, -0.2) is 56.4 Å². The summed E-state index contributed by atoms with van der Waals surface area (Å²) in [5.74, 6) is 1.55. The highest BCUT2D eigenvalue weighted by Gasteiger charge is 2.20. The van der Waals surface area contributed by atoms with E-state index in [1.165, 1.54) is 0 Å². The van der Waals surface area contributed by atoms with E-state index in [4.69, 9.17) is 19.4 Å². The van der Waals surface area contributed by atoms with E-state index in [0.717, 1.165) is 82.7 Å². The molecule has 0 radical (unpaired) electrons. The first kappa shape index (κ1) is 32.0. The SMILES string of the molecule is CCCc1nc2c(C)cc(-c3cn(CCCN(C)C)cn3)cc2n1Cc1ccc(-c2ccccc2OC(=O)OC(C)(C)C)cc1. The summed E-state index contributed by atoms with van der Waals surface area (Å²) in [6.45, 7) is 12.5. The predicted octanol–water partition coefficient (Wildman–Crippen LogP) is 8.14. The summed E-state index contributed by atoms with van der Waals surface area (Å²) in [4.78, 5) is 24.4. The van der Waals surface area contributed by atoms with Crippen LogP contribution < -0.4 is 4.74 Å². The summed E-state index contributed by atoms with van der Waals surface area (Å²) in [7, 11) is 4.20. The van der Waals surface area contributed by atoms with Crippen LogP contribution in [0.3, 0.4) is 0 Å². The van der Waals surface area contributed by atoms with Gasteiger partial charge in [0.2, 0.25) is 0 Å². The van der Waals surface area contributed by atoms with Gasteiger partial charge in [-0.05, 0) is 96.1 Å². The van der Waals surface area contributed by atoms with Gasteiger partial charge < -0.3 is 23.5 Å². The molecule has 0 aliphatic rings. The smallest absolute Gasteiger partial charge is 0.428 e. The van der Waals surface area contributed by atoms with Crippen LogP contribution in [0.1, 0.15) is 57.5 Å². The quantitative estimate of drug-likeness (QED) is 0.111. The van der Waals surface area contributed by atoms with Crippen molar-refractivity contribution < 1.29 is 14.3 Å². The number of hydrogen-bond donors (Lipinski definition) is 0. The van der Waals surface area contributed by atoms with Crippen molar-refractivity contribution in [3.8, 4) is 28.1 Å². The van der Waals surface area contributed by atoms with Crippen LogP contribution in [-0.2, 0) is 24.2 Å². The fraction of sp³-hybridized carbons (Fsp3) is 0.378. The maximum absolute atomic E-state index is 12.4. The monoisotopic (exact) mass is 607 g/mol. The van der Waals surface area contributed by atoms with E-state index in [-0.39, 0.29) is 0 Å². The van der Waals surface area contributed by atoms with Crippen molar-refractivity contribution in [1.82, 2.24) is 24.0 Å². The van der Waals surface area contributed by atoms with Crippen LogP contribution in [0.5, 0.6) is 5.75 Å². The molecule has 5 rings (SSSR count). The van der Waals surface area contributed by atoms with E-state index < -0.39 is 11.8 Å². The second-order valence-electron chi connectivity index (χ2n) is 12.9. The van der Waals surface area contributed by atoms with Crippen LogP contribution in [0.4, 0.5) is 4.79 Å². The van der Waals surface area contributed by atoms with Crippen molar-refractivity contribution in [3.63, 3.8) is 0 Å². The standard InChI is InChI=1S/C37H45N5O3/c1-8-12-34-39-35-26(2)21-29(31-24-41(25-38-31)20-11-19-40(6)7)22-32(35)42(34)23-27-15-17-28(18-16-27)30-13-9-10-14-33(30)44-36(43)45-37(3,4)5/h9-10,13-18,21-22,24-25H,8,11-12,19-20,23H2,1-7H3. The van der Waals surface area contributed by atoms with E-state index in [2.05, 4.69) is 84.6 Å². The number of para-hydroxylation sites is 1. The van der Waals surface area contributed by atoms with Gasteiger partial charge in [0, 0.05) is 36.8 Å². The third-order valence-electron chi connectivity index (χ3n) is 7.62. The molecule has 8 heteroatoms. The van der Waals surface area contributed by atoms with Crippen LogP contribution in [0.2, 0.25) is 0 Å². The van der Waals surface area contributed by atoms with Crippen LogP contribution >= 0.6 is 0 Å². The number of aromatic nitrogens is 4. The van der Waals surface area contributed by atoms with Gasteiger partial charge in [-0.25, -0.2) is 14.8 Å². The largest absolute Gasteiger partial charge is 0.514 e. The molecule has 3 aromatic carbocycles. The molecule has 0 aliphatic carbocycles. The molecule has 0 aliphatic heterocycles. The predicted molar refractivity (Wildman–Crippen MR) is 181 cm³/mol. The molecule has 236 valence electrons. The number of aryl methyl sites for hydroxylation is 3. The first-order valence-electron chi connectivity index (χ1n) is 15.8. The molecule has 0 bridgehead atoms. The highest BCUT2D eigenvalue weighted by Crippen LogP contribution is 2.32. The van der Waals surface area contributed by atoms with Crippen LogP contribution in [0.25, 0.3) is 33.4 Å². The average molecular weight is 608 g/mol. The van der Waals surface area contributed by atoms with Gasteiger partial charge in [-0.2, -0.15) is 0 Å². The number of carbonyl (C=O) groups excluding carboxylic acids is 1. The molecule has 0 atom stereocenters. The van der Waals surface area contributed by atoms with Crippen molar-refractivity contribution in [2.24, 2.45) is 0 Å². The molecule has 0 spiro atoms. The van der Waals surface area contributed by atoms with Crippen molar-refractivity contribution in [1.29, 1.82) is 0 Å². The van der Waals surface area contributed by atoms with E-state index >= 15 is 0 Å². The number of imidazole rings is 2. The summed E-state index contributed by atoms with van der Waals surface area (Å²) in [6.07, 6.45) is 6.36. The Kier molecular flexibility index (Phi) is 9.73. The zero-order valence-electron chi connectivity index (χ0n) is 27.6. The topological polar surface area (TPSA) is 74.4 Å². The number of rotatable bonds is 11. The van der Waals surface area contributed by atoms with Gasteiger partial charge in [0.15, 0.2) is 0 Å². The van der Waals surface area contributed by atoms with E-state index in [0.29, 0.717) is 12.3 Å². The van der Waals surface area contributed by atoms with Gasteiger partial charge in [-0.15, -0.1) is 0 Å². The molecule has 0 N–H and O–H groups in total. The Balaban J connectivity index is 1.41. The van der Waals surface area contributed by atoms with E-state index in [1.807, 2.05) is 45.3 Å². The Bertz CT molecular complexity index is 1760. The lowest BCUT2D eigenvalue weighted by Crippen LogP contribution is -2.26. The fourth-order valence-electron chi connectivity index (χ4n) is 5.51. The number of benzene rings is 3. The second kappa shape index (κ2) is 13.7.